The van der Waals surface area contributed by atoms with Gasteiger partial charge in [-0.1, -0.05) is 37.7 Å². The van der Waals surface area contributed by atoms with E-state index >= 15 is 0 Å². The number of benzene rings is 1. The molecule has 3 aromatic rings. The largest absolute Gasteiger partial charge is 0.325 e. The Morgan fingerprint density at radius 2 is 2.04 bits per heavy atom. The molecule has 0 saturated carbocycles. The van der Waals surface area contributed by atoms with Crippen LogP contribution in [-0.2, 0) is 17.6 Å². The molecular weight excluding hydrogens is 374 g/mol. The van der Waals surface area contributed by atoms with E-state index in [-0.39, 0.29) is 5.91 Å². The van der Waals surface area contributed by atoms with Gasteiger partial charge in [0.25, 0.3) is 0 Å². The molecule has 2 aromatic heterocycles. The van der Waals surface area contributed by atoms with E-state index < -0.39 is 0 Å². The molecule has 1 amide bonds. The van der Waals surface area contributed by atoms with Crippen molar-refractivity contribution in [2.45, 2.75) is 55.9 Å². The van der Waals surface area contributed by atoms with E-state index in [1.807, 2.05) is 35.6 Å². The van der Waals surface area contributed by atoms with Crippen molar-refractivity contribution in [1.29, 1.82) is 0 Å². The van der Waals surface area contributed by atoms with Gasteiger partial charge in [0, 0.05) is 21.6 Å². The number of hydrogen-bond acceptors (Lipinski definition) is 5. The number of aryl methyl sites for hydroxylation is 2. The van der Waals surface area contributed by atoms with E-state index in [9.17, 15) is 4.79 Å². The molecule has 6 heteroatoms. The van der Waals surface area contributed by atoms with Crippen molar-refractivity contribution in [2.75, 3.05) is 5.32 Å². The minimum Gasteiger partial charge on any atom is -0.325 e. The van der Waals surface area contributed by atoms with Crippen LogP contribution in [0.1, 0.15) is 43.6 Å². The lowest BCUT2D eigenvalue weighted by molar-refractivity contribution is -0.116. The summed E-state index contributed by atoms with van der Waals surface area (Å²) in [4.78, 5) is 24.9. The van der Waals surface area contributed by atoms with Crippen LogP contribution >= 0.6 is 23.1 Å². The van der Waals surface area contributed by atoms with Crippen molar-refractivity contribution in [1.82, 2.24) is 9.97 Å². The maximum atomic E-state index is 12.2. The summed E-state index contributed by atoms with van der Waals surface area (Å²) in [6.45, 7) is 4.11. The van der Waals surface area contributed by atoms with Gasteiger partial charge < -0.3 is 5.32 Å². The van der Waals surface area contributed by atoms with Crippen molar-refractivity contribution in [3.8, 4) is 0 Å². The second-order valence-electron chi connectivity index (χ2n) is 7.31. The highest BCUT2D eigenvalue weighted by Gasteiger charge is 2.21. The third-order valence-corrected chi connectivity index (χ3v) is 6.96. The molecule has 1 aromatic carbocycles. The quantitative estimate of drug-likeness (QED) is 0.561. The minimum atomic E-state index is 0.0544. The zero-order valence-corrected chi connectivity index (χ0v) is 17.3. The Morgan fingerprint density at radius 1 is 1.22 bits per heavy atom. The molecule has 1 N–H and O–H groups in total. The average Bonchev–Trinajstić information content (AvgIpc) is 3.02. The van der Waals surface area contributed by atoms with Crippen molar-refractivity contribution in [3.63, 3.8) is 0 Å². The molecular formula is C21H23N3OS2. The third kappa shape index (κ3) is 4.01. The molecule has 2 heterocycles. The molecule has 140 valence electrons. The highest BCUT2D eigenvalue weighted by molar-refractivity contribution is 7.99. The number of rotatable bonds is 5. The van der Waals surface area contributed by atoms with Crippen molar-refractivity contribution >= 4 is 44.9 Å². The summed E-state index contributed by atoms with van der Waals surface area (Å²) in [5, 5.41) is 5.27. The fourth-order valence-electron chi connectivity index (χ4n) is 3.47. The van der Waals surface area contributed by atoms with Gasteiger partial charge in [0.05, 0.1) is 5.69 Å². The van der Waals surface area contributed by atoms with Crippen molar-refractivity contribution in [3.05, 3.63) is 41.0 Å². The number of para-hydroxylation sites is 1. The topological polar surface area (TPSA) is 54.9 Å². The summed E-state index contributed by atoms with van der Waals surface area (Å²) >= 11 is 3.43. The number of anilines is 1. The van der Waals surface area contributed by atoms with Gasteiger partial charge in [0.1, 0.15) is 16.2 Å². The SMILES string of the molecule is CC(C)CC(=O)Nc1ccccc1Sc1ncnc2sc3c(c12)CCCC3. The molecule has 0 spiro atoms. The van der Waals surface area contributed by atoms with E-state index in [1.165, 1.54) is 28.7 Å². The Hall–Kier alpha value is -1.92. The summed E-state index contributed by atoms with van der Waals surface area (Å²) in [5.41, 5.74) is 2.29. The van der Waals surface area contributed by atoms with Gasteiger partial charge in [-0.3, -0.25) is 4.79 Å². The van der Waals surface area contributed by atoms with E-state index in [0.717, 1.165) is 33.3 Å². The molecule has 1 aliphatic carbocycles. The number of carbonyl (C=O) groups is 1. The van der Waals surface area contributed by atoms with Crippen LogP contribution in [0.15, 0.2) is 40.5 Å². The third-order valence-electron chi connectivity index (χ3n) is 4.68. The van der Waals surface area contributed by atoms with Gasteiger partial charge in [-0.05, 0) is 49.3 Å². The molecule has 0 atom stereocenters. The maximum Gasteiger partial charge on any atom is 0.224 e. The highest BCUT2D eigenvalue weighted by Crippen LogP contribution is 2.42. The molecule has 4 rings (SSSR count). The average molecular weight is 398 g/mol. The van der Waals surface area contributed by atoms with Gasteiger partial charge in [0.15, 0.2) is 0 Å². The molecule has 4 nitrogen and oxygen atoms in total. The number of amides is 1. The van der Waals surface area contributed by atoms with Crippen LogP contribution in [-0.4, -0.2) is 15.9 Å². The van der Waals surface area contributed by atoms with Crippen LogP contribution < -0.4 is 5.32 Å². The van der Waals surface area contributed by atoms with Crippen LogP contribution in [0, 0.1) is 5.92 Å². The first-order valence-corrected chi connectivity index (χ1v) is 11.1. The molecule has 0 saturated heterocycles. The Bertz CT molecular complexity index is 981. The lowest BCUT2D eigenvalue weighted by Gasteiger charge is -2.13. The molecule has 0 radical (unpaired) electrons. The predicted octanol–water partition coefficient (Wildman–Crippen LogP) is 5.71. The lowest BCUT2D eigenvalue weighted by atomic mass is 9.97. The fourth-order valence-corrected chi connectivity index (χ4v) is 5.77. The first-order chi connectivity index (χ1) is 13.1. The number of nitrogens with zero attached hydrogens (tertiary/aromatic N) is 2. The second kappa shape index (κ2) is 7.98. The summed E-state index contributed by atoms with van der Waals surface area (Å²) in [6.07, 6.45) is 6.95. The molecule has 1 aliphatic rings. The maximum absolute atomic E-state index is 12.2. The van der Waals surface area contributed by atoms with Crippen LogP contribution in [0.4, 0.5) is 5.69 Å². The zero-order valence-electron chi connectivity index (χ0n) is 15.6. The summed E-state index contributed by atoms with van der Waals surface area (Å²) < 4.78 is 0. The molecule has 27 heavy (non-hydrogen) atoms. The summed E-state index contributed by atoms with van der Waals surface area (Å²) in [7, 11) is 0. The molecule has 0 fully saturated rings. The van der Waals surface area contributed by atoms with Gasteiger partial charge in [-0.25, -0.2) is 9.97 Å². The number of fused-ring (bicyclic) bond motifs is 3. The molecule has 0 aliphatic heterocycles. The van der Waals surface area contributed by atoms with Gasteiger partial charge in [0.2, 0.25) is 5.91 Å². The number of aromatic nitrogens is 2. The van der Waals surface area contributed by atoms with E-state index in [2.05, 4.69) is 29.1 Å². The van der Waals surface area contributed by atoms with Crippen LogP contribution in [0.5, 0.6) is 0 Å². The summed E-state index contributed by atoms with van der Waals surface area (Å²) in [6, 6.07) is 7.96. The van der Waals surface area contributed by atoms with Crippen LogP contribution in [0.2, 0.25) is 0 Å². The Labute approximate surface area is 167 Å². The zero-order chi connectivity index (χ0) is 18.8. The number of carbonyl (C=O) groups excluding carboxylic acids is 1. The van der Waals surface area contributed by atoms with E-state index in [0.29, 0.717) is 12.3 Å². The highest BCUT2D eigenvalue weighted by atomic mass is 32.2. The van der Waals surface area contributed by atoms with E-state index in [4.69, 9.17) is 0 Å². The Morgan fingerprint density at radius 3 is 2.89 bits per heavy atom. The monoisotopic (exact) mass is 397 g/mol. The van der Waals surface area contributed by atoms with Gasteiger partial charge in [-0.15, -0.1) is 11.3 Å². The van der Waals surface area contributed by atoms with E-state index in [1.54, 1.807) is 18.1 Å². The minimum absolute atomic E-state index is 0.0544. The number of nitrogens with one attached hydrogen (secondary N) is 1. The molecule has 0 bridgehead atoms. The predicted molar refractivity (Wildman–Crippen MR) is 113 cm³/mol. The molecule has 0 unspecified atom stereocenters. The fraction of sp³-hybridized carbons (Fsp3) is 0.381. The smallest absolute Gasteiger partial charge is 0.224 e. The Balaban J connectivity index is 1.67. The number of thiophene rings is 1. The van der Waals surface area contributed by atoms with Crippen LogP contribution in [0.25, 0.3) is 10.2 Å². The second-order valence-corrected chi connectivity index (χ2v) is 9.43. The van der Waals surface area contributed by atoms with Crippen molar-refractivity contribution < 1.29 is 4.79 Å². The lowest BCUT2D eigenvalue weighted by Crippen LogP contribution is -2.14. The van der Waals surface area contributed by atoms with Crippen LogP contribution in [0.3, 0.4) is 0 Å². The first kappa shape index (κ1) is 18.4. The Kier molecular flexibility index (Phi) is 5.45. The first-order valence-electron chi connectivity index (χ1n) is 9.44. The van der Waals surface area contributed by atoms with Gasteiger partial charge >= 0.3 is 0 Å². The number of hydrogen-bond donors (Lipinski definition) is 1. The van der Waals surface area contributed by atoms with Crippen molar-refractivity contribution in [2.24, 2.45) is 5.92 Å². The standard InChI is InChI=1S/C21H23N3OS2/c1-13(2)11-18(25)24-15-8-4-6-10-17(15)27-21-19-14-7-3-5-9-16(14)26-20(19)22-12-23-21/h4,6,8,10,12-13H,3,5,7,9,11H2,1-2H3,(H,24,25). The van der Waals surface area contributed by atoms with Gasteiger partial charge in [-0.2, -0.15) is 0 Å². The normalized spacial score (nSPS) is 13.7. The summed E-state index contributed by atoms with van der Waals surface area (Å²) in [5.74, 6) is 0.391.